The van der Waals surface area contributed by atoms with Crippen molar-refractivity contribution in [2.75, 3.05) is 25.5 Å². The van der Waals surface area contributed by atoms with Crippen LogP contribution in [0.3, 0.4) is 0 Å². The van der Waals surface area contributed by atoms with Gasteiger partial charge in [0.15, 0.2) is 0 Å². The van der Waals surface area contributed by atoms with Crippen LogP contribution in [-0.2, 0) is 0 Å². The Morgan fingerprint density at radius 3 is 2.59 bits per heavy atom. The van der Waals surface area contributed by atoms with Crippen molar-refractivity contribution in [2.45, 2.75) is 70.9 Å². The maximum absolute atomic E-state index is 4.70. The monoisotopic (exact) mass is 450 g/mol. The van der Waals surface area contributed by atoms with Crippen LogP contribution in [-0.4, -0.2) is 47.1 Å². The number of nitrogens with zero attached hydrogens (tertiary/aromatic N) is 3. The molecule has 1 aromatic carbocycles. The van der Waals surface area contributed by atoms with Crippen LogP contribution in [0.25, 0.3) is 15.7 Å². The van der Waals surface area contributed by atoms with Gasteiger partial charge in [0.1, 0.15) is 5.82 Å². The Morgan fingerprint density at radius 2 is 1.88 bits per heavy atom. The lowest BCUT2D eigenvalue weighted by molar-refractivity contribution is 0.103. The number of piperidine rings is 1. The molecule has 172 valence electrons. The predicted octanol–water partition coefficient (Wildman–Crippen LogP) is 6.83. The van der Waals surface area contributed by atoms with E-state index >= 15 is 0 Å². The Balaban J connectivity index is 1.37. The molecular weight excluding hydrogens is 412 g/mol. The summed E-state index contributed by atoms with van der Waals surface area (Å²) in [6, 6.07) is 9.95. The number of anilines is 1. The standard InChI is InChI=1S/C27H38N4S/c1-19(22-12-14-31(15-13-22)26-8-6-5-7-9-26)30-27-17-25-16-23(10-11-24(25)18-29-27)20(2)32-21(3)28-4/h10-11,16-19,22,26H,2,5-9,12-15H2,1,3-4H3,(H,29,30)/b28-21-. The molecule has 2 aliphatic rings. The Morgan fingerprint density at radius 1 is 1.12 bits per heavy atom. The molecule has 2 fully saturated rings. The highest BCUT2D eigenvalue weighted by Gasteiger charge is 2.28. The highest BCUT2D eigenvalue weighted by atomic mass is 32.2. The van der Waals surface area contributed by atoms with E-state index in [1.807, 2.05) is 20.2 Å². The van der Waals surface area contributed by atoms with Crippen molar-refractivity contribution in [2.24, 2.45) is 10.9 Å². The van der Waals surface area contributed by atoms with Gasteiger partial charge >= 0.3 is 0 Å². The summed E-state index contributed by atoms with van der Waals surface area (Å²) in [5.74, 6) is 1.69. The molecule has 1 saturated heterocycles. The maximum Gasteiger partial charge on any atom is 0.126 e. The largest absolute Gasteiger partial charge is 0.367 e. The lowest BCUT2D eigenvalue weighted by atomic mass is 9.87. The Labute approximate surface area is 198 Å². The molecule has 1 aromatic heterocycles. The third-order valence-electron chi connectivity index (χ3n) is 7.38. The number of pyridine rings is 1. The van der Waals surface area contributed by atoms with E-state index in [1.165, 1.54) is 63.4 Å². The molecule has 0 amide bonds. The minimum Gasteiger partial charge on any atom is -0.367 e. The van der Waals surface area contributed by atoms with Gasteiger partial charge < -0.3 is 10.2 Å². The molecule has 2 aromatic rings. The Bertz CT molecular complexity index is 955. The van der Waals surface area contributed by atoms with E-state index < -0.39 is 0 Å². The van der Waals surface area contributed by atoms with Crippen LogP contribution in [0.15, 0.2) is 42.0 Å². The van der Waals surface area contributed by atoms with Gasteiger partial charge in [0.05, 0.1) is 5.04 Å². The quantitative estimate of drug-likeness (QED) is 0.387. The van der Waals surface area contributed by atoms with Crippen LogP contribution in [0.5, 0.6) is 0 Å². The molecule has 1 N–H and O–H groups in total. The first-order valence-electron chi connectivity index (χ1n) is 12.2. The summed E-state index contributed by atoms with van der Waals surface area (Å²) in [6.07, 6.45) is 11.7. The third-order valence-corrected chi connectivity index (χ3v) is 8.34. The first kappa shape index (κ1) is 23.3. The van der Waals surface area contributed by atoms with E-state index in [1.54, 1.807) is 11.8 Å². The van der Waals surface area contributed by atoms with Gasteiger partial charge in [-0.05, 0) is 81.6 Å². The van der Waals surface area contributed by atoms with Crippen LogP contribution >= 0.6 is 11.8 Å². The topological polar surface area (TPSA) is 40.5 Å². The fourth-order valence-corrected chi connectivity index (χ4v) is 5.95. The van der Waals surface area contributed by atoms with Crippen molar-refractivity contribution in [3.63, 3.8) is 0 Å². The summed E-state index contributed by atoms with van der Waals surface area (Å²) >= 11 is 1.63. The molecule has 1 aliphatic carbocycles. The molecule has 0 spiro atoms. The SMILES string of the molecule is C=C(S/C(C)=N\C)c1ccc2cnc(NC(C)C3CCN(C4CCCCC4)CC3)cc2c1. The van der Waals surface area contributed by atoms with Gasteiger partial charge in [0.2, 0.25) is 0 Å². The smallest absolute Gasteiger partial charge is 0.126 e. The predicted molar refractivity (Wildman–Crippen MR) is 142 cm³/mol. The second-order valence-electron chi connectivity index (χ2n) is 9.50. The molecule has 4 rings (SSSR count). The lowest BCUT2D eigenvalue weighted by Gasteiger charge is -2.41. The van der Waals surface area contributed by atoms with Crippen LogP contribution in [0, 0.1) is 5.92 Å². The summed E-state index contributed by atoms with van der Waals surface area (Å²) in [5.41, 5.74) is 1.14. The maximum atomic E-state index is 4.70. The summed E-state index contributed by atoms with van der Waals surface area (Å²) in [5, 5.41) is 7.10. The van der Waals surface area contributed by atoms with Crippen LogP contribution in [0.2, 0.25) is 0 Å². The number of fused-ring (bicyclic) bond motifs is 1. The van der Waals surface area contributed by atoms with Gasteiger partial charge in [0, 0.05) is 35.6 Å². The highest BCUT2D eigenvalue weighted by Crippen LogP contribution is 2.31. The van der Waals surface area contributed by atoms with Gasteiger partial charge in [-0.3, -0.25) is 4.99 Å². The number of hydrogen-bond donors (Lipinski definition) is 1. The van der Waals surface area contributed by atoms with Crippen LogP contribution in [0.1, 0.15) is 64.4 Å². The van der Waals surface area contributed by atoms with E-state index in [2.05, 4.69) is 53.0 Å². The number of thioether (sulfide) groups is 1. The summed E-state index contributed by atoms with van der Waals surface area (Å²) in [7, 11) is 1.82. The van der Waals surface area contributed by atoms with E-state index in [9.17, 15) is 0 Å². The van der Waals surface area contributed by atoms with E-state index in [4.69, 9.17) is 4.98 Å². The second kappa shape index (κ2) is 10.8. The van der Waals surface area contributed by atoms with Gasteiger partial charge in [-0.25, -0.2) is 4.98 Å². The molecule has 5 heteroatoms. The van der Waals surface area contributed by atoms with Crippen molar-refractivity contribution >= 4 is 38.3 Å². The van der Waals surface area contributed by atoms with E-state index in [0.29, 0.717) is 12.0 Å². The van der Waals surface area contributed by atoms with Gasteiger partial charge in [0.25, 0.3) is 0 Å². The number of aliphatic imine (C=N–C) groups is 1. The number of aromatic nitrogens is 1. The molecular formula is C27H38N4S. The second-order valence-corrected chi connectivity index (χ2v) is 10.8. The zero-order valence-electron chi connectivity index (χ0n) is 19.9. The van der Waals surface area contributed by atoms with Gasteiger partial charge in [-0.15, -0.1) is 0 Å². The van der Waals surface area contributed by atoms with Crippen molar-refractivity contribution in [3.8, 4) is 0 Å². The zero-order chi connectivity index (χ0) is 22.5. The molecule has 0 bridgehead atoms. The summed E-state index contributed by atoms with van der Waals surface area (Å²) in [4.78, 5) is 12.7. The van der Waals surface area contributed by atoms with Crippen molar-refractivity contribution < 1.29 is 0 Å². The van der Waals surface area contributed by atoms with Crippen LogP contribution in [0.4, 0.5) is 5.82 Å². The number of hydrogen-bond acceptors (Lipinski definition) is 5. The number of benzene rings is 1. The fourth-order valence-electron chi connectivity index (χ4n) is 5.26. The normalized spacial score (nSPS) is 20.4. The summed E-state index contributed by atoms with van der Waals surface area (Å²) < 4.78 is 0. The molecule has 32 heavy (non-hydrogen) atoms. The van der Waals surface area contributed by atoms with Gasteiger partial charge in [-0.2, -0.15) is 0 Å². The lowest BCUT2D eigenvalue weighted by Crippen LogP contribution is -2.45. The molecule has 2 heterocycles. The van der Waals surface area contributed by atoms with Crippen LogP contribution < -0.4 is 5.32 Å². The third kappa shape index (κ3) is 5.74. The first-order valence-corrected chi connectivity index (χ1v) is 13.1. The molecule has 1 saturated carbocycles. The van der Waals surface area contributed by atoms with E-state index in [0.717, 1.165) is 32.8 Å². The first-order chi connectivity index (χ1) is 15.5. The van der Waals surface area contributed by atoms with Gasteiger partial charge in [-0.1, -0.05) is 49.7 Å². The van der Waals surface area contributed by atoms with Crippen molar-refractivity contribution in [1.29, 1.82) is 0 Å². The van der Waals surface area contributed by atoms with Crippen molar-refractivity contribution in [3.05, 3.63) is 42.6 Å². The number of likely N-dealkylation sites (tertiary alicyclic amines) is 1. The minimum atomic E-state index is 0.436. The average molecular weight is 451 g/mol. The Hall–Kier alpha value is -1.85. The molecule has 0 radical (unpaired) electrons. The number of nitrogens with one attached hydrogen (secondary N) is 1. The van der Waals surface area contributed by atoms with E-state index in [-0.39, 0.29) is 0 Å². The average Bonchev–Trinajstić information content (AvgIpc) is 2.84. The highest BCUT2D eigenvalue weighted by molar-refractivity contribution is 8.21. The Kier molecular flexibility index (Phi) is 7.90. The molecule has 1 atom stereocenters. The molecule has 1 aliphatic heterocycles. The van der Waals surface area contributed by atoms with Crippen molar-refractivity contribution in [1.82, 2.24) is 9.88 Å². The fraction of sp³-hybridized carbons (Fsp3) is 0.556. The minimum absolute atomic E-state index is 0.436. The molecule has 4 nitrogen and oxygen atoms in total. The molecule has 1 unspecified atom stereocenters. The summed E-state index contributed by atoms with van der Waals surface area (Å²) in [6.45, 7) is 11.1. The zero-order valence-corrected chi connectivity index (χ0v) is 20.8. The number of rotatable bonds is 6.